The maximum atomic E-state index is 6.86. The van der Waals surface area contributed by atoms with E-state index >= 15 is 0 Å². The predicted molar refractivity (Wildman–Crippen MR) is 133 cm³/mol. The van der Waals surface area contributed by atoms with Crippen molar-refractivity contribution in [3.8, 4) is 0 Å². The van der Waals surface area contributed by atoms with Gasteiger partial charge in [-0.05, 0) is 61.7 Å². The summed E-state index contributed by atoms with van der Waals surface area (Å²) < 4.78 is 12.9. The van der Waals surface area contributed by atoms with Crippen molar-refractivity contribution in [1.82, 2.24) is 0 Å². The van der Waals surface area contributed by atoms with Gasteiger partial charge in [0.05, 0.1) is 6.61 Å². The van der Waals surface area contributed by atoms with Gasteiger partial charge in [0.25, 0.3) is 0 Å². The average Bonchev–Trinajstić information content (AvgIpc) is 2.78. The number of rotatable bonds is 11. The highest BCUT2D eigenvalue weighted by Crippen LogP contribution is 2.31. The van der Waals surface area contributed by atoms with Crippen LogP contribution < -0.4 is 5.19 Å². The molecule has 0 unspecified atom stereocenters. The fraction of sp³-hybridized carbons (Fsp3) is 0.357. The first-order chi connectivity index (χ1) is 14.9. The summed E-state index contributed by atoms with van der Waals surface area (Å²) in [5, 5.41) is 1.37. The number of ether oxygens (including phenoxy) is 1. The third-order valence-corrected chi connectivity index (χ3v) is 8.71. The molecule has 0 amide bonds. The molecular formula is C28H36O2Si. The Kier molecular flexibility index (Phi) is 8.25. The van der Waals surface area contributed by atoms with Crippen LogP contribution >= 0.6 is 0 Å². The van der Waals surface area contributed by atoms with Crippen molar-refractivity contribution >= 4 is 13.5 Å². The van der Waals surface area contributed by atoms with E-state index in [1.54, 1.807) is 0 Å². The molecule has 0 atom stereocenters. The van der Waals surface area contributed by atoms with Gasteiger partial charge in [-0.15, -0.1) is 0 Å². The van der Waals surface area contributed by atoms with Gasteiger partial charge in [-0.3, -0.25) is 0 Å². The number of benzene rings is 3. The maximum Gasteiger partial charge on any atom is 0.218 e. The van der Waals surface area contributed by atoms with Gasteiger partial charge in [0.2, 0.25) is 8.32 Å². The molecule has 0 saturated carbocycles. The van der Waals surface area contributed by atoms with Crippen molar-refractivity contribution in [3.63, 3.8) is 0 Å². The largest absolute Gasteiger partial charge is 0.412 e. The fourth-order valence-electron chi connectivity index (χ4n) is 4.34. The molecule has 0 aliphatic heterocycles. The quantitative estimate of drug-likeness (QED) is 0.350. The van der Waals surface area contributed by atoms with Crippen molar-refractivity contribution in [2.75, 3.05) is 19.8 Å². The summed E-state index contributed by atoms with van der Waals surface area (Å²) >= 11 is 0. The molecule has 0 saturated heterocycles. The van der Waals surface area contributed by atoms with Gasteiger partial charge >= 0.3 is 0 Å². The van der Waals surface area contributed by atoms with E-state index in [2.05, 4.69) is 112 Å². The van der Waals surface area contributed by atoms with Crippen LogP contribution in [0.3, 0.4) is 0 Å². The summed E-state index contributed by atoms with van der Waals surface area (Å²) in [5.41, 5.74) is 3.86. The van der Waals surface area contributed by atoms with Crippen molar-refractivity contribution < 1.29 is 9.16 Å². The molecule has 0 bridgehead atoms. The van der Waals surface area contributed by atoms with Crippen LogP contribution in [-0.2, 0) is 22.0 Å². The van der Waals surface area contributed by atoms with Gasteiger partial charge in [-0.25, -0.2) is 0 Å². The van der Waals surface area contributed by atoms with Gasteiger partial charge in [0.1, 0.15) is 0 Å². The maximum absolute atomic E-state index is 6.86. The fourth-order valence-corrected chi connectivity index (χ4v) is 6.70. The summed E-state index contributed by atoms with van der Waals surface area (Å²) in [7, 11) is -2.06. The SMILES string of the molecule is CCOCC(CO[Si](C)(C)c1ccccc1C)(Cc1ccccc1)Cc1ccccc1. The van der Waals surface area contributed by atoms with E-state index < -0.39 is 8.32 Å². The normalized spacial score (nSPS) is 12.1. The van der Waals surface area contributed by atoms with Crippen LogP contribution in [0.5, 0.6) is 0 Å². The standard InChI is InChI=1S/C28H36O2Si/c1-5-29-22-28(20-25-15-8-6-9-16-25,21-26-17-10-7-11-18-26)23-30-31(3,4)27-19-13-12-14-24(27)2/h6-19H,5,20-23H2,1-4H3. The van der Waals surface area contributed by atoms with Crippen LogP contribution in [-0.4, -0.2) is 28.1 Å². The van der Waals surface area contributed by atoms with Crippen molar-refractivity contribution in [3.05, 3.63) is 102 Å². The zero-order valence-corrected chi connectivity index (χ0v) is 20.4. The second-order valence-electron chi connectivity index (χ2n) is 9.08. The number of aryl methyl sites for hydroxylation is 1. The van der Waals surface area contributed by atoms with Crippen LogP contribution in [0.4, 0.5) is 0 Å². The Morgan fingerprint density at radius 2 is 1.23 bits per heavy atom. The van der Waals surface area contributed by atoms with E-state index in [-0.39, 0.29) is 5.41 Å². The highest BCUT2D eigenvalue weighted by molar-refractivity contribution is 6.84. The van der Waals surface area contributed by atoms with E-state index in [9.17, 15) is 0 Å². The molecule has 0 radical (unpaired) electrons. The highest BCUT2D eigenvalue weighted by Gasteiger charge is 2.36. The van der Waals surface area contributed by atoms with Gasteiger partial charge in [-0.2, -0.15) is 0 Å². The van der Waals surface area contributed by atoms with Crippen molar-refractivity contribution in [2.45, 2.75) is 39.8 Å². The minimum Gasteiger partial charge on any atom is -0.412 e. The molecular weight excluding hydrogens is 396 g/mol. The molecule has 0 fully saturated rings. The van der Waals surface area contributed by atoms with E-state index in [1.807, 2.05) is 0 Å². The Morgan fingerprint density at radius 1 is 0.710 bits per heavy atom. The Balaban J connectivity index is 1.91. The van der Waals surface area contributed by atoms with Crippen LogP contribution in [0.25, 0.3) is 0 Å². The molecule has 0 spiro atoms. The highest BCUT2D eigenvalue weighted by atomic mass is 28.4. The summed E-state index contributed by atoms with van der Waals surface area (Å²) in [6.45, 7) is 11.0. The lowest BCUT2D eigenvalue weighted by atomic mass is 9.78. The second-order valence-corrected chi connectivity index (χ2v) is 12.9. The Bertz CT molecular complexity index is 881. The van der Waals surface area contributed by atoms with Gasteiger partial charge < -0.3 is 9.16 Å². The van der Waals surface area contributed by atoms with E-state index in [0.717, 1.165) is 12.8 Å². The molecule has 0 heterocycles. The molecule has 0 aliphatic rings. The van der Waals surface area contributed by atoms with Gasteiger partial charge in [0, 0.05) is 18.6 Å². The first-order valence-corrected chi connectivity index (χ1v) is 14.2. The Morgan fingerprint density at radius 3 is 1.74 bits per heavy atom. The Hall–Kier alpha value is -2.20. The lowest BCUT2D eigenvalue weighted by molar-refractivity contribution is 0.0166. The van der Waals surface area contributed by atoms with Gasteiger partial charge in [-0.1, -0.05) is 84.9 Å². The monoisotopic (exact) mass is 432 g/mol. The molecule has 3 heteroatoms. The number of hydrogen-bond donors (Lipinski definition) is 0. The van der Waals surface area contributed by atoms with E-state index in [0.29, 0.717) is 19.8 Å². The second kappa shape index (κ2) is 10.9. The topological polar surface area (TPSA) is 18.5 Å². The number of hydrogen-bond acceptors (Lipinski definition) is 2. The Labute approximate surface area is 189 Å². The van der Waals surface area contributed by atoms with Crippen molar-refractivity contribution in [2.24, 2.45) is 5.41 Å². The van der Waals surface area contributed by atoms with Crippen LogP contribution in [0.2, 0.25) is 13.1 Å². The predicted octanol–water partition coefficient (Wildman–Crippen LogP) is 5.93. The molecule has 0 aromatic heterocycles. The summed E-state index contributed by atoms with van der Waals surface area (Å²) in [6, 6.07) is 30.2. The van der Waals surface area contributed by atoms with Crippen LogP contribution in [0.15, 0.2) is 84.9 Å². The zero-order valence-electron chi connectivity index (χ0n) is 19.4. The summed E-state index contributed by atoms with van der Waals surface area (Å²) in [4.78, 5) is 0. The van der Waals surface area contributed by atoms with Gasteiger partial charge in [0.15, 0.2) is 0 Å². The lowest BCUT2D eigenvalue weighted by Gasteiger charge is -2.37. The molecule has 31 heavy (non-hydrogen) atoms. The third-order valence-electron chi connectivity index (χ3n) is 5.99. The molecule has 0 aliphatic carbocycles. The average molecular weight is 433 g/mol. The lowest BCUT2D eigenvalue weighted by Crippen LogP contribution is -2.50. The molecule has 3 rings (SSSR count). The van der Waals surface area contributed by atoms with Crippen molar-refractivity contribution in [1.29, 1.82) is 0 Å². The van der Waals surface area contributed by atoms with E-state index in [4.69, 9.17) is 9.16 Å². The van der Waals surface area contributed by atoms with Crippen LogP contribution in [0, 0.1) is 12.3 Å². The summed E-state index contributed by atoms with van der Waals surface area (Å²) in [6.07, 6.45) is 1.86. The molecule has 3 aromatic carbocycles. The third kappa shape index (κ3) is 6.64. The first kappa shape index (κ1) is 23.5. The van der Waals surface area contributed by atoms with E-state index in [1.165, 1.54) is 21.9 Å². The zero-order chi connectivity index (χ0) is 22.2. The molecule has 164 valence electrons. The van der Waals surface area contributed by atoms with Crippen LogP contribution in [0.1, 0.15) is 23.6 Å². The minimum atomic E-state index is -2.06. The summed E-state index contributed by atoms with van der Waals surface area (Å²) in [5.74, 6) is 0. The minimum absolute atomic E-state index is 0.119. The smallest absolute Gasteiger partial charge is 0.218 e. The molecule has 0 N–H and O–H groups in total. The first-order valence-electron chi connectivity index (χ1n) is 11.3. The molecule has 3 aromatic rings. The molecule has 2 nitrogen and oxygen atoms in total.